The Bertz CT molecular complexity index is 369. The molecule has 2 aliphatic rings. The van der Waals surface area contributed by atoms with Crippen LogP contribution in [0.3, 0.4) is 0 Å². The van der Waals surface area contributed by atoms with Gasteiger partial charge in [0.05, 0.1) is 5.54 Å². The molecular formula is C17H33N3O2. The standard InChI is InChI=1S/C17H33N3O2/c1-13(11-14-7-5-10-18-14)19-12-17(8-6-9-17)20-15(21)22-16(2,3)4/h13-14,18-19H,5-12H2,1-4H3,(H,20,21). The van der Waals surface area contributed by atoms with Gasteiger partial charge in [0.1, 0.15) is 5.60 Å². The first-order valence-electron chi connectivity index (χ1n) is 8.76. The Labute approximate surface area is 134 Å². The lowest BCUT2D eigenvalue weighted by molar-refractivity contribution is 0.0378. The number of alkyl carbamates (subject to hydrolysis) is 1. The molecule has 0 spiro atoms. The Balaban J connectivity index is 1.74. The van der Waals surface area contributed by atoms with Crippen molar-refractivity contribution >= 4 is 6.09 Å². The summed E-state index contributed by atoms with van der Waals surface area (Å²) in [7, 11) is 0. The van der Waals surface area contributed by atoms with E-state index in [9.17, 15) is 4.79 Å². The zero-order valence-corrected chi connectivity index (χ0v) is 14.6. The van der Waals surface area contributed by atoms with Crippen LogP contribution in [0.5, 0.6) is 0 Å². The smallest absolute Gasteiger partial charge is 0.408 e. The maximum absolute atomic E-state index is 12.0. The summed E-state index contributed by atoms with van der Waals surface area (Å²) in [6.45, 7) is 9.92. The van der Waals surface area contributed by atoms with Crippen molar-refractivity contribution < 1.29 is 9.53 Å². The normalized spacial score (nSPS) is 25.4. The molecule has 2 unspecified atom stereocenters. The van der Waals surface area contributed by atoms with Crippen LogP contribution in [-0.4, -0.2) is 42.4 Å². The molecule has 2 atom stereocenters. The number of nitrogens with one attached hydrogen (secondary N) is 3. The van der Waals surface area contributed by atoms with Gasteiger partial charge in [-0.3, -0.25) is 0 Å². The first-order valence-corrected chi connectivity index (χ1v) is 8.76. The van der Waals surface area contributed by atoms with Gasteiger partial charge in [0, 0.05) is 18.6 Å². The Kier molecular flexibility index (Phi) is 5.72. The number of hydrogen-bond donors (Lipinski definition) is 3. The zero-order chi connectivity index (χ0) is 16.2. The predicted octanol–water partition coefficient (Wildman–Crippen LogP) is 2.55. The van der Waals surface area contributed by atoms with E-state index in [4.69, 9.17) is 4.74 Å². The van der Waals surface area contributed by atoms with E-state index in [2.05, 4.69) is 22.9 Å². The molecular weight excluding hydrogens is 278 g/mol. The molecule has 1 amide bonds. The van der Waals surface area contributed by atoms with Crippen molar-refractivity contribution in [1.29, 1.82) is 0 Å². The van der Waals surface area contributed by atoms with E-state index >= 15 is 0 Å². The molecule has 1 aliphatic heterocycles. The number of hydrogen-bond acceptors (Lipinski definition) is 4. The zero-order valence-electron chi connectivity index (χ0n) is 14.6. The molecule has 5 heteroatoms. The number of rotatable bonds is 6. The van der Waals surface area contributed by atoms with E-state index in [1.165, 1.54) is 19.3 Å². The maximum Gasteiger partial charge on any atom is 0.408 e. The number of carbonyl (C=O) groups excluding carboxylic acids is 1. The molecule has 1 saturated heterocycles. The first kappa shape index (κ1) is 17.5. The molecule has 22 heavy (non-hydrogen) atoms. The molecule has 0 aromatic heterocycles. The van der Waals surface area contributed by atoms with Crippen molar-refractivity contribution in [3.63, 3.8) is 0 Å². The van der Waals surface area contributed by atoms with E-state index in [1.807, 2.05) is 20.8 Å². The van der Waals surface area contributed by atoms with Gasteiger partial charge in [-0.05, 0) is 72.8 Å². The van der Waals surface area contributed by atoms with Crippen LogP contribution >= 0.6 is 0 Å². The second-order valence-corrected chi connectivity index (χ2v) is 8.07. The average molecular weight is 311 g/mol. The minimum atomic E-state index is -0.441. The van der Waals surface area contributed by atoms with Crippen LogP contribution in [0.25, 0.3) is 0 Å². The monoisotopic (exact) mass is 311 g/mol. The van der Waals surface area contributed by atoms with Crippen LogP contribution in [-0.2, 0) is 4.74 Å². The molecule has 1 aliphatic carbocycles. The van der Waals surface area contributed by atoms with Crippen LogP contribution in [0.1, 0.15) is 66.2 Å². The lowest BCUT2D eigenvalue weighted by Crippen LogP contribution is -2.60. The molecule has 0 radical (unpaired) electrons. The summed E-state index contributed by atoms with van der Waals surface area (Å²) in [6.07, 6.45) is 6.69. The van der Waals surface area contributed by atoms with Gasteiger partial charge in [0.2, 0.25) is 0 Å². The van der Waals surface area contributed by atoms with Gasteiger partial charge in [0.15, 0.2) is 0 Å². The van der Waals surface area contributed by atoms with Gasteiger partial charge in [-0.1, -0.05) is 0 Å². The Morgan fingerprint density at radius 1 is 1.36 bits per heavy atom. The maximum atomic E-state index is 12.0. The van der Waals surface area contributed by atoms with Gasteiger partial charge in [-0.2, -0.15) is 0 Å². The molecule has 1 saturated carbocycles. The summed E-state index contributed by atoms with van der Waals surface area (Å²) in [5.74, 6) is 0. The van der Waals surface area contributed by atoms with Crippen molar-refractivity contribution in [2.24, 2.45) is 0 Å². The largest absolute Gasteiger partial charge is 0.444 e. The van der Waals surface area contributed by atoms with Gasteiger partial charge < -0.3 is 20.7 Å². The van der Waals surface area contributed by atoms with Gasteiger partial charge >= 0.3 is 6.09 Å². The van der Waals surface area contributed by atoms with Crippen molar-refractivity contribution in [1.82, 2.24) is 16.0 Å². The SMILES string of the molecule is CC(CC1CCCN1)NCC1(NC(=O)OC(C)(C)C)CCC1. The number of ether oxygens (including phenoxy) is 1. The summed E-state index contributed by atoms with van der Waals surface area (Å²) < 4.78 is 5.40. The molecule has 0 aromatic rings. The minimum absolute atomic E-state index is 0.111. The third kappa shape index (κ3) is 5.43. The van der Waals surface area contributed by atoms with E-state index in [0.29, 0.717) is 12.1 Å². The van der Waals surface area contributed by atoms with E-state index in [1.54, 1.807) is 0 Å². The Morgan fingerprint density at radius 2 is 2.09 bits per heavy atom. The molecule has 2 rings (SSSR count). The van der Waals surface area contributed by atoms with Crippen LogP contribution in [0.2, 0.25) is 0 Å². The van der Waals surface area contributed by atoms with E-state index < -0.39 is 5.60 Å². The fourth-order valence-corrected chi connectivity index (χ4v) is 3.31. The second kappa shape index (κ2) is 7.18. The fraction of sp³-hybridized carbons (Fsp3) is 0.941. The van der Waals surface area contributed by atoms with Crippen molar-refractivity contribution in [2.75, 3.05) is 13.1 Å². The summed E-state index contributed by atoms with van der Waals surface area (Å²) in [6, 6.07) is 1.12. The fourth-order valence-electron chi connectivity index (χ4n) is 3.31. The molecule has 0 bridgehead atoms. The molecule has 1 heterocycles. The van der Waals surface area contributed by atoms with Crippen molar-refractivity contribution in [2.45, 2.75) is 89.4 Å². The quantitative estimate of drug-likeness (QED) is 0.705. The lowest BCUT2D eigenvalue weighted by Gasteiger charge is -2.43. The Morgan fingerprint density at radius 3 is 2.59 bits per heavy atom. The van der Waals surface area contributed by atoms with Gasteiger partial charge in [-0.15, -0.1) is 0 Å². The van der Waals surface area contributed by atoms with E-state index in [-0.39, 0.29) is 11.6 Å². The van der Waals surface area contributed by atoms with Crippen LogP contribution < -0.4 is 16.0 Å². The van der Waals surface area contributed by atoms with Crippen LogP contribution in [0.15, 0.2) is 0 Å². The molecule has 2 fully saturated rings. The third-order valence-electron chi connectivity index (χ3n) is 4.67. The lowest BCUT2D eigenvalue weighted by atomic mass is 9.76. The highest BCUT2D eigenvalue weighted by Crippen LogP contribution is 2.31. The van der Waals surface area contributed by atoms with Crippen LogP contribution in [0.4, 0.5) is 4.79 Å². The summed E-state index contributed by atoms with van der Waals surface area (Å²) in [4.78, 5) is 12.0. The Hall–Kier alpha value is -0.810. The highest BCUT2D eigenvalue weighted by atomic mass is 16.6. The number of amides is 1. The first-order chi connectivity index (χ1) is 10.3. The molecule has 128 valence electrons. The third-order valence-corrected chi connectivity index (χ3v) is 4.67. The molecule has 5 nitrogen and oxygen atoms in total. The molecule has 3 N–H and O–H groups in total. The predicted molar refractivity (Wildman–Crippen MR) is 89.1 cm³/mol. The minimum Gasteiger partial charge on any atom is -0.444 e. The average Bonchev–Trinajstić information content (AvgIpc) is 2.82. The van der Waals surface area contributed by atoms with Crippen molar-refractivity contribution in [3.05, 3.63) is 0 Å². The number of carbonyl (C=O) groups is 1. The van der Waals surface area contributed by atoms with Gasteiger partial charge in [0.25, 0.3) is 0 Å². The summed E-state index contributed by atoms with van der Waals surface area (Å²) in [5, 5.41) is 10.2. The summed E-state index contributed by atoms with van der Waals surface area (Å²) in [5.41, 5.74) is -0.552. The van der Waals surface area contributed by atoms with E-state index in [0.717, 1.165) is 32.4 Å². The highest BCUT2D eigenvalue weighted by Gasteiger charge is 2.39. The van der Waals surface area contributed by atoms with Crippen molar-refractivity contribution in [3.8, 4) is 0 Å². The highest BCUT2D eigenvalue weighted by molar-refractivity contribution is 5.69. The second-order valence-electron chi connectivity index (χ2n) is 8.07. The topological polar surface area (TPSA) is 62.4 Å². The van der Waals surface area contributed by atoms with Gasteiger partial charge in [-0.25, -0.2) is 4.79 Å². The molecule has 0 aromatic carbocycles. The van der Waals surface area contributed by atoms with Crippen LogP contribution in [0, 0.1) is 0 Å². The summed E-state index contributed by atoms with van der Waals surface area (Å²) >= 11 is 0.